The predicted octanol–water partition coefficient (Wildman–Crippen LogP) is 5.58. The van der Waals surface area contributed by atoms with Crippen LogP contribution in [0.4, 0.5) is 8.78 Å². The summed E-state index contributed by atoms with van der Waals surface area (Å²) in [5, 5.41) is 8.91. The second kappa shape index (κ2) is 10.0. The van der Waals surface area contributed by atoms with Crippen LogP contribution in [-0.4, -0.2) is 46.2 Å². The maximum atomic E-state index is 13.5. The highest BCUT2D eigenvalue weighted by atomic mass is 35.5. The van der Waals surface area contributed by atoms with Crippen molar-refractivity contribution in [2.24, 2.45) is 0 Å². The lowest BCUT2D eigenvalue weighted by Crippen LogP contribution is -2.47. The predicted molar refractivity (Wildman–Crippen MR) is 126 cm³/mol. The molecule has 0 N–H and O–H groups in total. The summed E-state index contributed by atoms with van der Waals surface area (Å²) in [6.07, 6.45) is 0. The Morgan fingerprint density at radius 2 is 1.38 bits per heavy atom. The zero-order valence-electron chi connectivity index (χ0n) is 18.4. The van der Waals surface area contributed by atoms with Gasteiger partial charge in [0.15, 0.2) is 0 Å². The Labute approximate surface area is 201 Å². The summed E-state index contributed by atoms with van der Waals surface area (Å²) in [4.78, 5) is 4.59. The zero-order chi connectivity index (χ0) is 23.5. The van der Waals surface area contributed by atoms with Crippen molar-refractivity contribution in [3.05, 3.63) is 106 Å². The Balaban J connectivity index is 1.28. The van der Waals surface area contributed by atoms with E-state index in [1.165, 1.54) is 24.3 Å². The topological polar surface area (TPSA) is 45.4 Å². The Kier molecular flexibility index (Phi) is 6.67. The van der Waals surface area contributed by atoms with Crippen molar-refractivity contribution >= 4 is 11.6 Å². The van der Waals surface area contributed by atoms with Crippen LogP contribution in [0.3, 0.4) is 0 Å². The highest BCUT2D eigenvalue weighted by molar-refractivity contribution is 6.33. The van der Waals surface area contributed by atoms with Crippen LogP contribution < -0.4 is 0 Å². The van der Waals surface area contributed by atoms with Gasteiger partial charge in [0.05, 0.1) is 23.2 Å². The van der Waals surface area contributed by atoms with Crippen molar-refractivity contribution < 1.29 is 13.2 Å². The van der Waals surface area contributed by atoms with E-state index in [-0.39, 0.29) is 17.7 Å². The number of halogens is 3. The largest absolute Gasteiger partial charge is 0.419 e. The monoisotopic (exact) mass is 480 g/mol. The molecule has 34 heavy (non-hydrogen) atoms. The summed E-state index contributed by atoms with van der Waals surface area (Å²) >= 11 is 6.24. The minimum absolute atomic E-state index is 0.0846. The molecule has 8 heteroatoms. The lowest BCUT2D eigenvalue weighted by molar-refractivity contribution is 0.0985. The standard InChI is InChI=1S/C26H23ClF2N4O/c27-23-4-2-1-3-22(23)26-31-30-24(34-26)17-32-13-15-33(16-14-32)25(18-5-9-20(28)10-6-18)19-7-11-21(29)12-8-19/h1-12,25H,13-17H2. The third-order valence-electron chi connectivity index (χ3n) is 6.07. The van der Waals surface area contributed by atoms with Crippen molar-refractivity contribution in [1.29, 1.82) is 0 Å². The maximum Gasteiger partial charge on any atom is 0.249 e. The van der Waals surface area contributed by atoms with Gasteiger partial charge in [-0.2, -0.15) is 0 Å². The molecule has 1 aliphatic rings. The fourth-order valence-corrected chi connectivity index (χ4v) is 4.55. The van der Waals surface area contributed by atoms with Crippen molar-refractivity contribution in [2.75, 3.05) is 26.2 Å². The van der Waals surface area contributed by atoms with Gasteiger partial charge in [0, 0.05) is 26.2 Å². The minimum Gasteiger partial charge on any atom is -0.419 e. The summed E-state index contributed by atoms with van der Waals surface area (Å²) in [5.41, 5.74) is 2.67. The van der Waals surface area contributed by atoms with E-state index in [0.29, 0.717) is 28.9 Å². The van der Waals surface area contributed by atoms with Gasteiger partial charge in [-0.3, -0.25) is 9.80 Å². The molecule has 0 atom stereocenters. The number of aromatic nitrogens is 2. The molecule has 2 heterocycles. The van der Waals surface area contributed by atoms with Crippen LogP contribution in [-0.2, 0) is 6.54 Å². The average Bonchev–Trinajstić information content (AvgIpc) is 3.31. The Hall–Kier alpha value is -3.13. The van der Waals surface area contributed by atoms with Gasteiger partial charge < -0.3 is 4.42 Å². The third kappa shape index (κ3) is 5.01. The van der Waals surface area contributed by atoms with Crippen LogP contribution in [0.1, 0.15) is 23.1 Å². The van der Waals surface area contributed by atoms with Gasteiger partial charge in [-0.25, -0.2) is 8.78 Å². The first-order valence-corrected chi connectivity index (χ1v) is 11.5. The summed E-state index contributed by atoms with van der Waals surface area (Å²) in [5.74, 6) is 0.396. The molecule has 174 valence electrons. The third-order valence-corrected chi connectivity index (χ3v) is 6.40. The van der Waals surface area contributed by atoms with Gasteiger partial charge in [-0.05, 0) is 47.5 Å². The van der Waals surface area contributed by atoms with E-state index in [2.05, 4.69) is 20.0 Å². The fourth-order valence-electron chi connectivity index (χ4n) is 4.34. The minimum atomic E-state index is -0.276. The van der Waals surface area contributed by atoms with E-state index >= 15 is 0 Å². The fraction of sp³-hybridized carbons (Fsp3) is 0.231. The number of hydrogen-bond donors (Lipinski definition) is 0. The van der Waals surface area contributed by atoms with E-state index in [9.17, 15) is 8.78 Å². The molecule has 1 aromatic heterocycles. The molecule has 5 rings (SSSR count). The van der Waals surface area contributed by atoms with Gasteiger partial charge in [-0.1, -0.05) is 48.0 Å². The van der Waals surface area contributed by atoms with Gasteiger partial charge in [0.25, 0.3) is 0 Å². The van der Waals surface area contributed by atoms with Gasteiger partial charge in [0.1, 0.15) is 11.6 Å². The molecule has 0 spiro atoms. The van der Waals surface area contributed by atoms with Crippen molar-refractivity contribution in [2.45, 2.75) is 12.6 Å². The Bertz CT molecular complexity index is 1190. The molecule has 1 fully saturated rings. The second-order valence-corrected chi connectivity index (χ2v) is 8.71. The maximum absolute atomic E-state index is 13.5. The van der Waals surface area contributed by atoms with Crippen LogP contribution in [0.15, 0.2) is 77.2 Å². The first kappa shape index (κ1) is 22.7. The normalized spacial score (nSPS) is 15.2. The highest BCUT2D eigenvalue weighted by Crippen LogP contribution is 2.31. The lowest BCUT2D eigenvalue weighted by atomic mass is 9.96. The second-order valence-electron chi connectivity index (χ2n) is 8.30. The summed E-state index contributed by atoms with van der Waals surface area (Å²) in [7, 11) is 0. The highest BCUT2D eigenvalue weighted by Gasteiger charge is 2.27. The first-order chi connectivity index (χ1) is 16.6. The Morgan fingerprint density at radius 3 is 1.97 bits per heavy atom. The smallest absolute Gasteiger partial charge is 0.249 e. The van der Waals surface area contributed by atoms with Gasteiger partial charge in [0.2, 0.25) is 11.8 Å². The van der Waals surface area contributed by atoms with E-state index < -0.39 is 0 Å². The van der Waals surface area contributed by atoms with E-state index in [4.69, 9.17) is 16.0 Å². The summed E-state index contributed by atoms with van der Waals surface area (Å²) in [6.45, 7) is 3.70. The van der Waals surface area contributed by atoms with Gasteiger partial charge in [-0.15, -0.1) is 10.2 Å². The molecule has 0 unspecified atom stereocenters. The first-order valence-electron chi connectivity index (χ1n) is 11.1. The number of benzene rings is 3. The van der Waals surface area contributed by atoms with Crippen molar-refractivity contribution in [1.82, 2.24) is 20.0 Å². The molecule has 0 radical (unpaired) electrons. The Morgan fingerprint density at radius 1 is 0.794 bits per heavy atom. The number of piperazine rings is 1. The van der Waals surface area contributed by atoms with Crippen molar-refractivity contribution in [3.8, 4) is 11.5 Å². The lowest BCUT2D eigenvalue weighted by Gasteiger charge is -2.39. The van der Waals surface area contributed by atoms with E-state index in [1.807, 2.05) is 18.2 Å². The molecule has 0 saturated carbocycles. The van der Waals surface area contributed by atoms with Crippen LogP contribution in [0.5, 0.6) is 0 Å². The molecule has 5 nitrogen and oxygen atoms in total. The molecule has 3 aromatic carbocycles. The molecular formula is C26H23ClF2N4O. The number of hydrogen-bond acceptors (Lipinski definition) is 5. The molecule has 1 saturated heterocycles. The zero-order valence-corrected chi connectivity index (χ0v) is 19.1. The van der Waals surface area contributed by atoms with Gasteiger partial charge >= 0.3 is 0 Å². The molecule has 4 aromatic rings. The molecular weight excluding hydrogens is 458 g/mol. The SMILES string of the molecule is Fc1ccc(C(c2ccc(F)cc2)N2CCN(Cc3nnc(-c4ccccc4Cl)o3)CC2)cc1. The summed E-state index contributed by atoms with van der Waals surface area (Å²) in [6, 6.07) is 20.3. The van der Waals surface area contributed by atoms with Crippen LogP contribution >= 0.6 is 11.6 Å². The quantitative estimate of drug-likeness (QED) is 0.361. The van der Waals surface area contributed by atoms with Crippen LogP contribution in [0.25, 0.3) is 11.5 Å². The molecule has 1 aliphatic heterocycles. The van der Waals surface area contributed by atoms with Crippen LogP contribution in [0.2, 0.25) is 5.02 Å². The van der Waals surface area contributed by atoms with E-state index in [0.717, 1.165) is 37.3 Å². The van der Waals surface area contributed by atoms with Crippen LogP contribution in [0, 0.1) is 11.6 Å². The number of rotatable bonds is 6. The average molecular weight is 481 g/mol. The molecule has 0 bridgehead atoms. The molecule has 0 aliphatic carbocycles. The van der Waals surface area contributed by atoms with Crippen molar-refractivity contribution in [3.63, 3.8) is 0 Å². The summed E-state index contributed by atoms with van der Waals surface area (Å²) < 4.78 is 32.9. The molecule has 0 amide bonds. The number of nitrogens with zero attached hydrogens (tertiary/aromatic N) is 4. The van der Waals surface area contributed by atoms with E-state index in [1.54, 1.807) is 30.3 Å².